The molecular formula is C13H10Cl2N2O. The summed E-state index contributed by atoms with van der Waals surface area (Å²) in [5.74, 6) is -0.186. The van der Waals surface area contributed by atoms with E-state index in [4.69, 9.17) is 23.2 Å². The minimum Gasteiger partial charge on any atom is -0.348 e. The van der Waals surface area contributed by atoms with Crippen molar-refractivity contribution in [3.8, 4) is 0 Å². The molecule has 92 valence electrons. The van der Waals surface area contributed by atoms with Gasteiger partial charge in [0.2, 0.25) is 0 Å². The Labute approximate surface area is 115 Å². The third-order valence-corrected chi connectivity index (χ3v) is 2.81. The van der Waals surface area contributed by atoms with Gasteiger partial charge in [-0.3, -0.25) is 4.79 Å². The highest BCUT2D eigenvalue weighted by atomic mass is 35.5. The molecule has 18 heavy (non-hydrogen) atoms. The van der Waals surface area contributed by atoms with Gasteiger partial charge in [-0.1, -0.05) is 35.3 Å². The van der Waals surface area contributed by atoms with Crippen LogP contribution in [0.2, 0.25) is 10.2 Å². The monoisotopic (exact) mass is 280 g/mol. The van der Waals surface area contributed by atoms with Gasteiger partial charge in [0.05, 0.1) is 0 Å². The van der Waals surface area contributed by atoms with Crippen molar-refractivity contribution < 1.29 is 4.79 Å². The van der Waals surface area contributed by atoms with Crippen molar-refractivity contribution in [3.63, 3.8) is 0 Å². The zero-order valence-corrected chi connectivity index (χ0v) is 10.9. The van der Waals surface area contributed by atoms with Crippen LogP contribution in [-0.2, 0) is 6.54 Å². The second kappa shape index (κ2) is 5.85. The number of amides is 1. The Balaban J connectivity index is 1.98. The second-order valence-corrected chi connectivity index (χ2v) is 4.50. The number of aromatic nitrogens is 1. The number of carbonyl (C=O) groups excluding carboxylic acids is 1. The Morgan fingerprint density at radius 3 is 2.56 bits per heavy atom. The van der Waals surface area contributed by atoms with Crippen LogP contribution in [0.5, 0.6) is 0 Å². The van der Waals surface area contributed by atoms with Crippen LogP contribution < -0.4 is 5.32 Å². The first-order valence-corrected chi connectivity index (χ1v) is 6.05. The molecule has 0 unspecified atom stereocenters. The smallest absolute Gasteiger partial charge is 0.251 e. The van der Waals surface area contributed by atoms with Crippen LogP contribution in [-0.4, -0.2) is 10.9 Å². The average molecular weight is 281 g/mol. The van der Waals surface area contributed by atoms with Gasteiger partial charge in [-0.2, -0.15) is 0 Å². The second-order valence-electron chi connectivity index (χ2n) is 3.68. The molecule has 1 aromatic carbocycles. The minimum absolute atomic E-state index is 0.186. The van der Waals surface area contributed by atoms with Crippen molar-refractivity contribution >= 4 is 29.1 Å². The van der Waals surface area contributed by atoms with Gasteiger partial charge in [-0.05, 0) is 29.8 Å². The molecule has 0 atom stereocenters. The summed E-state index contributed by atoms with van der Waals surface area (Å²) in [4.78, 5) is 15.6. The number of hydrogen-bond acceptors (Lipinski definition) is 2. The van der Waals surface area contributed by atoms with E-state index in [0.29, 0.717) is 22.3 Å². The number of carbonyl (C=O) groups is 1. The lowest BCUT2D eigenvalue weighted by molar-refractivity contribution is 0.0951. The van der Waals surface area contributed by atoms with E-state index in [2.05, 4.69) is 10.3 Å². The van der Waals surface area contributed by atoms with Crippen molar-refractivity contribution in [2.24, 2.45) is 0 Å². The molecule has 0 aliphatic rings. The van der Waals surface area contributed by atoms with Crippen LogP contribution in [0.3, 0.4) is 0 Å². The lowest BCUT2D eigenvalue weighted by Gasteiger charge is -2.05. The molecule has 0 bridgehead atoms. The zero-order valence-electron chi connectivity index (χ0n) is 9.36. The van der Waals surface area contributed by atoms with Gasteiger partial charge >= 0.3 is 0 Å². The van der Waals surface area contributed by atoms with E-state index in [1.54, 1.807) is 18.2 Å². The van der Waals surface area contributed by atoms with Gasteiger partial charge < -0.3 is 5.32 Å². The largest absolute Gasteiger partial charge is 0.348 e. The molecule has 1 N–H and O–H groups in total. The molecule has 5 heteroatoms. The van der Waals surface area contributed by atoms with Crippen molar-refractivity contribution in [2.75, 3.05) is 0 Å². The molecule has 0 radical (unpaired) electrons. The summed E-state index contributed by atoms with van der Waals surface area (Å²) in [6, 6.07) is 10.4. The van der Waals surface area contributed by atoms with Gasteiger partial charge in [0.25, 0.3) is 5.91 Å². The molecule has 1 amide bonds. The predicted octanol–water partition coefficient (Wildman–Crippen LogP) is 3.32. The number of rotatable bonds is 3. The number of hydrogen-bond donors (Lipinski definition) is 1. The molecule has 0 aliphatic heterocycles. The topological polar surface area (TPSA) is 42.0 Å². The average Bonchev–Trinajstić information content (AvgIpc) is 2.38. The van der Waals surface area contributed by atoms with Crippen LogP contribution in [0.4, 0.5) is 0 Å². The standard InChI is InChI=1S/C13H10Cl2N2O/c14-11-3-1-9(2-4-11)8-17-13(18)10-5-6-16-12(15)7-10/h1-7H,8H2,(H,17,18). The number of benzene rings is 1. The summed E-state index contributed by atoms with van der Waals surface area (Å²) < 4.78 is 0. The molecular weight excluding hydrogens is 271 g/mol. The fraction of sp³-hybridized carbons (Fsp3) is 0.0769. The molecule has 2 rings (SSSR count). The fourth-order valence-electron chi connectivity index (χ4n) is 1.43. The maximum atomic E-state index is 11.8. The quantitative estimate of drug-likeness (QED) is 0.877. The van der Waals surface area contributed by atoms with Crippen LogP contribution >= 0.6 is 23.2 Å². The van der Waals surface area contributed by atoms with Crippen LogP contribution in [0.1, 0.15) is 15.9 Å². The molecule has 1 aromatic heterocycles. The third-order valence-electron chi connectivity index (χ3n) is 2.36. The number of halogens is 2. The Morgan fingerprint density at radius 1 is 1.17 bits per heavy atom. The summed E-state index contributed by atoms with van der Waals surface area (Å²) in [6.45, 7) is 0.440. The summed E-state index contributed by atoms with van der Waals surface area (Å²) in [7, 11) is 0. The molecule has 1 heterocycles. The van der Waals surface area contributed by atoms with E-state index in [1.165, 1.54) is 12.3 Å². The number of pyridine rings is 1. The summed E-state index contributed by atoms with van der Waals surface area (Å²) in [5, 5.41) is 3.77. The van der Waals surface area contributed by atoms with Crippen molar-refractivity contribution in [2.45, 2.75) is 6.54 Å². The summed E-state index contributed by atoms with van der Waals surface area (Å²) in [5.41, 5.74) is 1.47. The van der Waals surface area contributed by atoms with E-state index in [1.807, 2.05) is 12.1 Å². The predicted molar refractivity (Wildman–Crippen MR) is 71.9 cm³/mol. The van der Waals surface area contributed by atoms with Gasteiger partial charge in [-0.25, -0.2) is 4.98 Å². The molecule has 0 aliphatic carbocycles. The number of nitrogens with one attached hydrogen (secondary N) is 1. The summed E-state index contributed by atoms with van der Waals surface area (Å²) >= 11 is 11.5. The molecule has 2 aromatic rings. The Hall–Kier alpha value is -1.58. The van der Waals surface area contributed by atoms with Gasteiger partial charge in [0.15, 0.2) is 0 Å². The van der Waals surface area contributed by atoms with Crippen LogP contribution in [0, 0.1) is 0 Å². The number of nitrogens with zero attached hydrogens (tertiary/aromatic N) is 1. The molecule has 0 saturated carbocycles. The van der Waals surface area contributed by atoms with Gasteiger partial charge in [0, 0.05) is 23.3 Å². The van der Waals surface area contributed by atoms with Crippen LogP contribution in [0.15, 0.2) is 42.6 Å². The maximum absolute atomic E-state index is 11.8. The zero-order chi connectivity index (χ0) is 13.0. The van der Waals surface area contributed by atoms with Crippen LogP contribution in [0.25, 0.3) is 0 Å². The first-order valence-electron chi connectivity index (χ1n) is 5.29. The Morgan fingerprint density at radius 2 is 1.89 bits per heavy atom. The Bertz CT molecular complexity index is 555. The summed E-state index contributed by atoms with van der Waals surface area (Å²) in [6.07, 6.45) is 1.50. The Kier molecular flexibility index (Phi) is 4.18. The lowest BCUT2D eigenvalue weighted by atomic mass is 10.2. The molecule has 0 fully saturated rings. The highest BCUT2D eigenvalue weighted by Gasteiger charge is 2.05. The highest BCUT2D eigenvalue weighted by Crippen LogP contribution is 2.10. The molecule has 0 saturated heterocycles. The SMILES string of the molecule is O=C(NCc1ccc(Cl)cc1)c1ccnc(Cl)c1. The van der Waals surface area contributed by atoms with Gasteiger partial charge in [-0.15, -0.1) is 0 Å². The third kappa shape index (κ3) is 3.45. The fourth-order valence-corrected chi connectivity index (χ4v) is 1.73. The van der Waals surface area contributed by atoms with E-state index in [0.717, 1.165) is 5.56 Å². The molecule has 3 nitrogen and oxygen atoms in total. The minimum atomic E-state index is -0.186. The van der Waals surface area contributed by atoms with E-state index < -0.39 is 0 Å². The van der Waals surface area contributed by atoms with E-state index in [-0.39, 0.29) is 5.91 Å². The first-order chi connectivity index (χ1) is 8.65. The highest BCUT2D eigenvalue weighted by molar-refractivity contribution is 6.30. The maximum Gasteiger partial charge on any atom is 0.251 e. The lowest BCUT2D eigenvalue weighted by Crippen LogP contribution is -2.22. The van der Waals surface area contributed by atoms with E-state index in [9.17, 15) is 4.79 Å². The normalized spacial score (nSPS) is 10.1. The van der Waals surface area contributed by atoms with Crippen molar-refractivity contribution in [3.05, 3.63) is 63.9 Å². The van der Waals surface area contributed by atoms with Crippen molar-refractivity contribution in [1.29, 1.82) is 0 Å². The first kappa shape index (κ1) is 12.9. The van der Waals surface area contributed by atoms with Gasteiger partial charge in [0.1, 0.15) is 5.15 Å². The molecule has 0 spiro atoms. The van der Waals surface area contributed by atoms with Crippen molar-refractivity contribution in [1.82, 2.24) is 10.3 Å². The van der Waals surface area contributed by atoms with E-state index >= 15 is 0 Å².